The van der Waals surface area contributed by atoms with Crippen LogP contribution in [0.1, 0.15) is 36.8 Å². The number of ether oxygens (including phenoxy) is 1. The summed E-state index contributed by atoms with van der Waals surface area (Å²) in [5.41, 5.74) is 2.13. The van der Waals surface area contributed by atoms with Gasteiger partial charge in [0.2, 0.25) is 0 Å². The Morgan fingerprint density at radius 1 is 1.26 bits per heavy atom. The average Bonchev–Trinajstić information content (AvgIpc) is 3.11. The molecule has 1 aromatic carbocycles. The van der Waals surface area contributed by atoms with Gasteiger partial charge >= 0.3 is 6.03 Å². The van der Waals surface area contributed by atoms with Crippen LogP contribution in [0.5, 0.6) is 0 Å². The van der Waals surface area contributed by atoms with Crippen LogP contribution in [0.2, 0.25) is 0 Å². The van der Waals surface area contributed by atoms with E-state index in [1.54, 1.807) is 4.90 Å². The van der Waals surface area contributed by atoms with E-state index < -0.39 is 0 Å². The zero-order valence-corrected chi connectivity index (χ0v) is 16.5. The summed E-state index contributed by atoms with van der Waals surface area (Å²) in [7, 11) is 0. The number of aliphatic hydroxyl groups excluding tert-OH is 1. The number of nitrogens with zero attached hydrogens (tertiary/aromatic N) is 2. The first kappa shape index (κ1) is 20.1. The van der Waals surface area contributed by atoms with Gasteiger partial charge in [0.05, 0.1) is 25.4 Å². The Morgan fingerprint density at radius 2 is 1.96 bits per heavy atom. The molecule has 3 rings (SSSR count). The number of amides is 2. The minimum absolute atomic E-state index is 0.0320. The molecule has 2 N–H and O–H groups in total. The fourth-order valence-electron chi connectivity index (χ4n) is 4.23. The number of carbonyl (C=O) groups excluding carboxylic acids is 1. The lowest BCUT2D eigenvalue weighted by Gasteiger charge is -2.39. The minimum Gasteiger partial charge on any atom is -0.395 e. The number of hydrogen-bond acceptors (Lipinski definition) is 4. The predicted octanol–water partition coefficient (Wildman–Crippen LogP) is 2.14. The number of aryl methyl sites for hydroxylation is 1. The summed E-state index contributed by atoms with van der Waals surface area (Å²) in [6.45, 7) is 7.18. The summed E-state index contributed by atoms with van der Waals surface area (Å²) in [4.78, 5) is 17.3. The maximum absolute atomic E-state index is 13.1. The second-order valence-corrected chi connectivity index (χ2v) is 7.88. The van der Waals surface area contributed by atoms with Gasteiger partial charge in [0.1, 0.15) is 0 Å². The van der Waals surface area contributed by atoms with Gasteiger partial charge in [0.25, 0.3) is 0 Å². The Balaban J connectivity index is 1.67. The number of urea groups is 1. The van der Waals surface area contributed by atoms with Crippen LogP contribution in [0, 0.1) is 6.92 Å². The molecule has 0 unspecified atom stereocenters. The van der Waals surface area contributed by atoms with Crippen molar-refractivity contribution < 1.29 is 14.6 Å². The lowest BCUT2D eigenvalue weighted by atomic mass is 9.96. The van der Waals surface area contributed by atoms with Gasteiger partial charge in [-0.15, -0.1) is 0 Å². The van der Waals surface area contributed by atoms with Crippen molar-refractivity contribution in [3.63, 3.8) is 0 Å². The van der Waals surface area contributed by atoms with E-state index in [-0.39, 0.29) is 18.2 Å². The van der Waals surface area contributed by atoms with Crippen LogP contribution >= 0.6 is 0 Å². The Kier molecular flexibility index (Phi) is 7.10. The van der Waals surface area contributed by atoms with Gasteiger partial charge in [-0.1, -0.05) is 37.1 Å². The van der Waals surface area contributed by atoms with Crippen LogP contribution in [0.25, 0.3) is 0 Å². The van der Waals surface area contributed by atoms with Crippen LogP contribution in [0.4, 0.5) is 4.79 Å². The van der Waals surface area contributed by atoms with Crippen molar-refractivity contribution >= 4 is 6.03 Å². The van der Waals surface area contributed by atoms with E-state index >= 15 is 0 Å². The van der Waals surface area contributed by atoms with Gasteiger partial charge in [-0.05, 0) is 30.9 Å². The lowest BCUT2D eigenvalue weighted by molar-refractivity contribution is 0.0244. The van der Waals surface area contributed by atoms with Crippen molar-refractivity contribution in [3.05, 3.63) is 35.4 Å². The largest absolute Gasteiger partial charge is 0.395 e. The van der Waals surface area contributed by atoms with Crippen LogP contribution in [0.15, 0.2) is 24.3 Å². The molecule has 1 aliphatic carbocycles. The van der Waals surface area contributed by atoms with E-state index in [4.69, 9.17) is 4.74 Å². The Hall–Kier alpha value is -1.63. The summed E-state index contributed by atoms with van der Waals surface area (Å²) < 4.78 is 5.46. The number of benzene rings is 1. The molecule has 1 saturated carbocycles. The third-order valence-corrected chi connectivity index (χ3v) is 5.84. The van der Waals surface area contributed by atoms with Crippen LogP contribution in [-0.4, -0.2) is 72.5 Å². The maximum atomic E-state index is 13.1. The molecule has 150 valence electrons. The normalized spacial score (nSPS) is 19.8. The summed E-state index contributed by atoms with van der Waals surface area (Å²) in [5.74, 6) is 0. The number of morpholine rings is 1. The molecule has 1 heterocycles. The Morgan fingerprint density at radius 3 is 2.63 bits per heavy atom. The quantitative estimate of drug-likeness (QED) is 0.766. The molecule has 0 atom stereocenters. The van der Waals surface area contributed by atoms with Crippen molar-refractivity contribution in [1.82, 2.24) is 15.1 Å². The molecule has 1 aliphatic heterocycles. The monoisotopic (exact) mass is 375 g/mol. The van der Waals surface area contributed by atoms with E-state index in [9.17, 15) is 9.90 Å². The highest BCUT2D eigenvalue weighted by atomic mass is 16.5. The standard InChI is InChI=1S/C21H33N3O3/c1-18-6-2-3-7-19(18)16-24(10-13-25)20(26)22-21(8-4-5-9-21)17-23-11-14-27-15-12-23/h2-3,6-7,25H,4-5,8-17H2,1H3,(H,22,26). The number of hydrogen-bond donors (Lipinski definition) is 2. The molecule has 2 fully saturated rings. The molecule has 2 amide bonds. The van der Waals surface area contributed by atoms with E-state index in [2.05, 4.69) is 23.2 Å². The molecule has 6 nitrogen and oxygen atoms in total. The van der Waals surface area contributed by atoms with Gasteiger partial charge in [-0.3, -0.25) is 4.90 Å². The highest BCUT2D eigenvalue weighted by Crippen LogP contribution is 2.31. The molecular formula is C21H33N3O3. The number of nitrogens with one attached hydrogen (secondary N) is 1. The fraction of sp³-hybridized carbons (Fsp3) is 0.667. The number of rotatable bonds is 7. The summed E-state index contributed by atoms with van der Waals surface area (Å²) in [6, 6.07) is 8.04. The first-order valence-corrected chi connectivity index (χ1v) is 10.1. The topological polar surface area (TPSA) is 65.0 Å². The third kappa shape index (κ3) is 5.43. The second-order valence-electron chi connectivity index (χ2n) is 7.88. The highest BCUT2D eigenvalue weighted by Gasteiger charge is 2.38. The SMILES string of the molecule is Cc1ccccc1CN(CCO)C(=O)NC1(CN2CCOCC2)CCCC1. The number of aliphatic hydroxyl groups is 1. The van der Waals surface area contributed by atoms with E-state index in [0.29, 0.717) is 13.1 Å². The van der Waals surface area contributed by atoms with Gasteiger partial charge in [-0.2, -0.15) is 0 Å². The molecule has 0 spiro atoms. The van der Waals surface area contributed by atoms with E-state index in [1.165, 1.54) is 0 Å². The number of carbonyl (C=O) groups is 1. The Labute approximate surface area is 162 Å². The first-order valence-electron chi connectivity index (χ1n) is 10.1. The maximum Gasteiger partial charge on any atom is 0.318 e. The van der Waals surface area contributed by atoms with Gasteiger partial charge < -0.3 is 20.1 Å². The van der Waals surface area contributed by atoms with Crippen molar-refractivity contribution in [2.45, 2.75) is 44.7 Å². The molecule has 1 aromatic rings. The zero-order chi connectivity index (χ0) is 19.1. The third-order valence-electron chi connectivity index (χ3n) is 5.84. The van der Waals surface area contributed by atoms with Crippen LogP contribution < -0.4 is 5.32 Å². The van der Waals surface area contributed by atoms with Gasteiger partial charge in [0.15, 0.2) is 0 Å². The summed E-state index contributed by atoms with van der Waals surface area (Å²) in [5, 5.41) is 12.8. The molecule has 0 radical (unpaired) electrons. The van der Waals surface area contributed by atoms with Crippen molar-refractivity contribution in [2.75, 3.05) is 46.0 Å². The predicted molar refractivity (Wildman–Crippen MR) is 106 cm³/mol. The zero-order valence-electron chi connectivity index (χ0n) is 16.5. The average molecular weight is 376 g/mol. The summed E-state index contributed by atoms with van der Waals surface area (Å²) in [6.07, 6.45) is 4.35. The van der Waals surface area contributed by atoms with Crippen LogP contribution in [0.3, 0.4) is 0 Å². The summed E-state index contributed by atoms with van der Waals surface area (Å²) >= 11 is 0. The smallest absolute Gasteiger partial charge is 0.318 e. The second kappa shape index (κ2) is 9.53. The molecule has 27 heavy (non-hydrogen) atoms. The van der Waals surface area contributed by atoms with Crippen molar-refractivity contribution in [1.29, 1.82) is 0 Å². The lowest BCUT2D eigenvalue weighted by Crippen LogP contribution is -2.58. The van der Waals surface area contributed by atoms with E-state index in [1.807, 2.05) is 18.2 Å². The molecule has 2 aliphatic rings. The highest BCUT2D eigenvalue weighted by molar-refractivity contribution is 5.75. The molecule has 0 bridgehead atoms. The van der Waals surface area contributed by atoms with Crippen LogP contribution in [-0.2, 0) is 11.3 Å². The van der Waals surface area contributed by atoms with Gasteiger partial charge in [-0.25, -0.2) is 4.79 Å². The minimum atomic E-state index is -0.159. The van der Waals surface area contributed by atoms with Crippen molar-refractivity contribution in [2.24, 2.45) is 0 Å². The molecule has 0 aromatic heterocycles. The molecule has 6 heteroatoms. The van der Waals surface area contributed by atoms with Gasteiger partial charge in [0, 0.05) is 32.7 Å². The van der Waals surface area contributed by atoms with E-state index in [0.717, 1.165) is 69.7 Å². The van der Waals surface area contributed by atoms with Crippen molar-refractivity contribution in [3.8, 4) is 0 Å². The first-order chi connectivity index (χ1) is 13.1. The Bertz CT molecular complexity index is 610. The molecular weight excluding hydrogens is 342 g/mol. The fourth-order valence-corrected chi connectivity index (χ4v) is 4.23. The molecule has 1 saturated heterocycles.